The van der Waals surface area contributed by atoms with Crippen molar-refractivity contribution in [2.24, 2.45) is 11.7 Å². The zero-order valence-corrected chi connectivity index (χ0v) is 10.2. The first-order chi connectivity index (χ1) is 8.52. The Balaban J connectivity index is 2.32. The smallest absolute Gasteiger partial charge is 0.270 e. The number of nitro groups is 1. The van der Waals surface area contributed by atoms with E-state index in [1.807, 2.05) is 7.05 Å². The van der Waals surface area contributed by atoms with Gasteiger partial charge in [-0.25, -0.2) is 0 Å². The molecule has 0 spiro atoms. The zero-order chi connectivity index (χ0) is 13.3. The second-order valence-corrected chi connectivity index (χ2v) is 4.79. The van der Waals surface area contributed by atoms with Crippen molar-refractivity contribution in [1.82, 2.24) is 4.90 Å². The van der Waals surface area contributed by atoms with E-state index in [1.54, 1.807) is 0 Å². The largest absolute Gasteiger partial charge is 0.508 e. The van der Waals surface area contributed by atoms with Crippen molar-refractivity contribution >= 4 is 5.69 Å². The minimum absolute atomic E-state index is 0.00144. The third-order valence-electron chi connectivity index (χ3n) is 3.55. The molecule has 1 saturated heterocycles. The number of benzene rings is 1. The van der Waals surface area contributed by atoms with Crippen LogP contribution in [0.2, 0.25) is 0 Å². The maximum absolute atomic E-state index is 10.8. The molecule has 3 N–H and O–H groups in total. The second-order valence-electron chi connectivity index (χ2n) is 4.79. The number of phenolic OH excluding ortho intramolecular Hbond substituents is 1. The molecule has 0 saturated carbocycles. The number of phenols is 1. The average Bonchev–Trinajstić information content (AvgIpc) is 2.71. The number of aromatic hydroxyl groups is 1. The van der Waals surface area contributed by atoms with Gasteiger partial charge in [-0.2, -0.15) is 0 Å². The quantitative estimate of drug-likeness (QED) is 0.623. The van der Waals surface area contributed by atoms with Gasteiger partial charge >= 0.3 is 0 Å². The lowest BCUT2D eigenvalue weighted by Gasteiger charge is -2.20. The molecule has 0 aromatic heterocycles. The molecular weight excluding hydrogens is 234 g/mol. The van der Waals surface area contributed by atoms with E-state index >= 15 is 0 Å². The first kappa shape index (κ1) is 12.8. The van der Waals surface area contributed by atoms with Gasteiger partial charge in [0.2, 0.25) is 0 Å². The number of nitrogens with two attached hydrogens (primary N) is 1. The minimum atomic E-state index is -0.446. The van der Waals surface area contributed by atoms with Gasteiger partial charge in [-0.15, -0.1) is 0 Å². The molecule has 1 aliphatic heterocycles. The molecule has 98 valence electrons. The first-order valence-electron chi connectivity index (χ1n) is 5.90. The van der Waals surface area contributed by atoms with Crippen LogP contribution in [0, 0.1) is 16.0 Å². The molecule has 0 aliphatic carbocycles. The standard InChI is InChI=1S/C12H17N3O3/c1-14-7-8(6-13)4-11(14)10-5-9(15(17)18)2-3-12(10)16/h2-3,5,8,11,16H,4,6-7,13H2,1H3. The fraction of sp³-hybridized carbons (Fsp3) is 0.500. The van der Waals surface area contributed by atoms with Crippen LogP contribution in [0.15, 0.2) is 18.2 Å². The lowest BCUT2D eigenvalue weighted by atomic mass is 9.98. The molecule has 1 aromatic carbocycles. The molecule has 2 atom stereocenters. The number of hydrogen-bond donors (Lipinski definition) is 2. The third-order valence-corrected chi connectivity index (χ3v) is 3.55. The summed E-state index contributed by atoms with van der Waals surface area (Å²) in [7, 11) is 1.94. The van der Waals surface area contributed by atoms with E-state index in [1.165, 1.54) is 18.2 Å². The number of non-ortho nitro benzene ring substituents is 1. The highest BCUT2D eigenvalue weighted by Crippen LogP contribution is 2.39. The topological polar surface area (TPSA) is 92.6 Å². The van der Waals surface area contributed by atoms with Crippen molar-refractivity contribution in [2.45, 2.75) is 12.5 Å². The van der Waals surface area contributed by atoms with E-state index in [-0.39, 0.29) is 17.5 Å². The van der Waals surface area contributed by atoms with Crippen molar-refractivity contribution in [1.29, 1.82) is 0 Å². The van der Waals surface area contributed by atoms with Gasteiger partial charge in [-0.3, -0.25) is 15.0 Å². The van der Waals surface area contributed by atoms with Crippen molar-refractivity contribution in [3.63, 3.8) is 0 Å². The van der Waals surface area contributed by atoms with E-state index in [9.17, 15) is 15.2 Å². The first-order valence-corrected chi connectivity index (χ1v) is 5.90. The number of likely N-dealkylation sites (tertiary alicyclic amines) is 1. The van der Waals surface area contributed by atoms with Crippen LogP contribution in [0.5, 0.6) is 5.75 Å². The van der Waals surface area contributed by atoms with Crippen LogP contribution >= 0.6 is 0 Å². The van der Waals surface area contributed by atoms with Gasteiger partial charge in [-0.1, -0.05) is 0 Å². The number of nitro benzene ring substituents is 1. The average molecular weight is 251 g/mol. The van der Waals surface area contributed by atoms with Crippen molar-refractivity contribution < 1.29 is 10.0 Å². The van der Waals surface area contributed by atoms with Crippen LogP contribution in [0.4, 0.5) is 5.69 Å². The van der Waals surface area contributed by atoms with Crippen molar-refractivity contribution in [2.75, 3.05) is 20.1 Å². The highest BCUT2D eigenvalue weighted by molar-refractivity contribution is 5.45. The van der Waals surface area contributed by atoms with Crippen LogP contribution in [-0.2, 0) is 0 Å². The molecule has 18 heavy (non-hydrogen) atoms. The summed E-state index contributed by atoms with van der Waals surface area (Å²) in [6, 6.07) is 4.15. The zero-order valence-electron chi connectivity index (χ0n) is 10.2. The SMILES string of the molecule is CN1CC(CN)CC1c1cc([N+](=O)[O-])ccc1O. The molecule has 0 amide bonds. The van der Waals surface area contributed by atoms with Crippen molar-refractivity contribution in [3.8, 4) is 5.75 Å². The monoisotopic (exact) mass is 251 g/mol. The van der Waals surface area contributed by atoms with E-state index in [0.29, 0.717) is 18.0 Å². The summed E-state index contributed by atoms with van der Waals surface area (Å²) in [4.78, 5) is 12.4. The van der Waals surface area contributed by atoms with Crippen LogP contribution in [-0.4, -0.2) is 35.1 Å². The van der Waals surface area contributed by atoms with Gasteiger partial charge in [0.15, 0.2) is 0 Å². The normalized spacial score (nSPS) is 24.3. The number of rotatable bonds is 3. The minimum Gasteiger partial charge on any atom is -0.508 e. The fourth-order valence-electron chi connectivity index (χ4n) is 2.56. The predicted molar refractivity (Wildman–Crippen MR) is 67.3 cm³/mol. The second kappa shape index (κ2) is 4.91. The van der Waals surface area contributed by atoms with Crippen molar-refractivity contribution in [3.05, 3.63) is 33.9 Å². The Labute approximate surface area is 105 Å². The molecular formula is C12H17N3O3. The summed E-state index contributed by atoms with van der Waals surface area (Å²) >= 11 is 0. The summed E-state index contributed by atoms with van der Waals surface area (Å²) < 4.78 is 0. The highest BCUT2D eigenvalue weighted by atomic mass is 16.6. The third kappa shape index (κ3) is 2.30. The maximum Gasteiger partial charge on any atom is 0.270 e. The summed E-state index contributed by atoms with van der Waals surface area (Å²) in [6.07, 6.45) is 0.821. The molecule has 2 unspecified atom stereocenters. The Kier molecular flexibility index (Phi) is 3.49. The van der Waals surface area contributed by atoms with Crippen LogP contribution in [0.3, 0.4) is 0 Å². The molecule has 1 aromatic rings. The summed E-state index contributed by atoms with van der Waals surface area (Å²) in [5.41, 5.74) is 6.28. The van der Waals surface area contributed by atoms with E-state index in [2.05, 4.69) is 4.90 Å². The van der Waals surface area contributed by atoms with Crippen LogP contribution in [0.1, 0.15) is 18.0 Å². The Morgan fingerprint density at radius 2 is 2.33 bits per heavy atom. The highest BCUT2D eigenvalue weighted by Gasteiger charge is 2.32. The Morgan fingerprint density at radius 3 is 2.89 bits per heavy atom. The molecule has 0 radical (unpaired) electrons. The number of nitrogens with zero attached hydrogens (tertiary/aromatic N) is 2. The molecule has 2 rings (SSSR count). The van der Waals surface area contributed by atoms with Gasteiger partial charge < -0.3 is 10.8 Å². The predicted octanol–water partition coefficient (Wildman–Crippen LogP) is 1.25. The Morgan fingerprint density at radius 1 is 1.61 bits per heavy atom. The Hall–Kier alpha value is -1.66. The van der Waals surface area contributed by atoms with Crippen LogP contribution < -0.4 is 5.73 Å². The lowest BCUT2D eigenvalue weighted by molar-refractivity contribution is -0.385. The van der Waals surface area contributed by atoms with Gasteiger partial charge in [0.1, 0.15) is 5.75 Å². The van der Waals surface area contributed by atoms with E-state index < -0.39 is 4.92 Å². The molecule has 1 heterocycles. The van der Waals surface area contributed by atoms with Crippen LogP contribution in [0.25, 0.3) is 0 Å². The molecule has 1 fully saturated rings. The summed E-state index contributed by atoms with van der Waals surface area (Å²) in [5, 5.41) is 20.6. The molecule has 6 heteroatoms. The summed E-state index contributed by atoms with van der Waals surface area (Å²) in [5.74, 6) is 0.480. The number of hydrogen-bond acceptors (Lipinski definition) is 5. The fourth-order valence-corrected chi connectivity index (χ4v) is 2.56. The lowest BCUT2D eigenvalue weighted by Crippen LogP contribution is -2.20. The molecule has 6 nitrogen and oxygen atoms in total. The molecule has 1 aliphatic rings. The Bertz CT molecular complexity index is 464. The van der Waals surface area contributed by atoms with Gasteiger partial charge in [0, 0.05) is 30.3 Å². The van der Waals surface area contributed by atoms with E-state index in [4.69, 9.17) is 5.73 Å². The maximum atomic E-state index is 10.8. The van der Waals surface area contributed by atoms with Gasteiger partial charge in [-0.05, 0) is 32.0 Å². The summed E-state index contributed by atoms with van der Waals surface area (Å²) in [6.45, 7) is 1.44. The molecule has 0 bridgehead atoms. The van der Waals surface area contributed by atoms with E-state index in [0.717, 1.165) is 13.0 Å². The van der Waals surface area contributed by atoms with Gasteiger partial charge in [0.05, 0.1) is 4.92 Å². The van der Waals surface area contributed by atoms with Gasteiger partial charge in [0.25, 0.3) is 5.69 Å².